The summed E-state index contributed by atoms with van der Waals surface area (Å²) in [5.74, 6) is 0. The number of nitrogens with one attached hydrogen (secondary N) is 1. The van der Waals surface area contributed by atoms with E-state index in [4.69, 9.17) is 11.6 Å². The topological polar surface area (TPSA) is 54.5 Å². The average molecular weight is 223 g/mol. The number of aromatic amines is 1. The van der Waals surface area contributed by atoms with Gasteiger partial charge in [-0.05, 0) is 0 Å². The molecule has 0 amide bonds. The van der Waals surface area contributed by atoms with Crippen LogP contribution in [0.4, 0.5) is 13.2 Å². The van der Waals surface area contributed by atoms with Crippen LogP contribution >= 0.6 is 11.6 Å². The molecule has 0 aliphatic rings. The Labute approximate surface area is 80.1 Å². The van der Waals surface area contributed by atoms with Crippen LogP contribution in [0.5, 0.6) is 0 Å². The first kappa shape index (κ1) is 9.20. The van der Waals surface area contributed by atoms with Crippen molar-refractivity contribution >= 4 is 22.6 Å². The van der Waals surface area contributed by atoms with Crippen LogP contribution in [0.25, 0.3) is 11.0 Å². The summed E-state index contributed by atoms with van der Waals surface area (Å²) in [6, 6.07) is 0. The number of aromatic nitrogens is 4. The Morgan fingerprint density at radius 2 is 1.93 bits per heavy atom. The zero-order valence-electron chi connectivity index (χ0n) is 6.43. The van der Waals surface area contributed by atoms with Gasteiger partial charge in [-0.15, -0.1) is 0 Å². The molecule has 2 aromatic heterocycles. The molecule has 0 aliphatic heterocycles. The Hall–Kier alpha value is -1.37. The Morgan fingerprint density at radius 1 is 1.21 bits per heavy atom. The van der Waals surface area contributed by atoms with Crippen molar-refractivity contribution in [1.29, 1.82) is 0 Å². The minimum absolute atomic E-state index is 0.0820. The summed E-state index contributed by atoms with van der Waals surface area (Å²) in [6.45, 7) is 0. The molecule has 4 nitrogen and oxygen atoms in total. The molecule has 0 fully saturated rings. The Balaban J connectivity index is 2.76. The molecule has 0 saturated carbocycles. The van der Waals surface area contributed by atoms with Gasteiger partial charge in [0.25, 0.3) is 0 Å². The van der Waals surface area contributed by atoms with Gasteiger partial charge in [-0.3, -0.25) is 5.10 Å². The number of hydrogen-bond donors (Lipinski definition) is 1. The van der Waals surface area contributed by atoms with E-state index < -0.39 is 11.9 Å². The van der Waals surface area contributed by atoms with Crippen LogP contribution in [0.15, 0.2) is 6.33 Å². The van der Waals surface area contributed by atoms with Gasteiger partial charge in [0, 0.05) is 0 Å². The van der Waals surface area contributed by atoms with Crippen LogP contribution in [0.3, 0.4) is 0 Å². The first-order valence-corrected chi connectivity index (χ1v) is 3.79. The molecule has 2 heterocycles. The monoisotopic (exact) mass is 222 g/mol. The van der Waals surface area contributed by atoms with Crippen molar-refractivity contribution in [1.82, 2.24) is 20.2 Å². The second-order valence-corrected chi connectivity index (χ2v) is 2.82. The fourth-order valence-corrected chi connectivity index (χ4v) is 1.18. The summed E-state index contributed by atoms with van der Waals surface area (Å²) < 4.78 is 36.9. The van der Waals surface area contributed by atoms with E-state index in [1.807, 2.05) is 5.10 Å². The van der Waals surface area contributed by atoms with Gasteiger partial charge in [-0.2, -0.15) is 18.3 Å². The lowest BCUT2D eigenvalue weighted by Gasteiger charge is -2.01. The predicted molar refractivity (Wildman–Crippen MR) is 41.7 cm³/mol. The molecule has 0 unspecified atom stereocenters. The quantitative estimate of drug-likeness (QED) is 0.694. The predicted octanol–water partition coefficient (Wildman–Crippen LogP) is 2.03. The van der Waals surface area contributed by atoms with E-state index in [0.717, 1.165) is 6.33 Å². The van der Waals surface area contributed by atoms with E-state index in [1.165, 1.54) is 0 Å². The summed E-state index contributed by atoms with van der Waals surface area (Å²) in [5, 5.41) is 5.11. The third kappa shape index (κ3) is 1.29. The molecule has 0 bridgehead atoms. The van der Waals surface area contributed by atoms with Crippen molar-refractivity contribution < 1.29 is 13.2 Å². The van der Waals surface area contributed by atoms with Gasteiger partial charge in [0.1, 0.15) is 17.4 Å². The molecule has 74 valence electrons. The SMILES string of the molecule is FC(F)(F)c1[nH]nc2c(Cl)ncnc12. The lowest BCUT2D eigenvalue weighted by Crippen LogP contribution is -2.06. The highest BCUT2D eigenvalue weighted by Gasteiger charge is 2.36. The number of rotatable bonds is 0. The maximum absolute atomic E-state index is 12.3. The van der Waals surface area contributed by atoms with Gasteiger partial charge in [0.15, 0.2) is 10.8 Å². The fourth-order valence-electron chi connectivity index (χ4n) is 1.00. The molecular formula is C6H2ClF3N4. The average Bonchev–Trinajstić information content (AvgIpc) is 2.47. The van der Waals surface area contributed by atoms with Crippen LogP contribution in [0, 0.1) is 0 Å². The van der Waals surface area contributed by atoms with Crippen molar-refractivity contribution in [3.63, 3.8) is 0 Å². The van der Waals surface area contributed by atoms with Crippen LogP contribution < -0.4 is 0 Å². The van der Waals surface area contributed by atoms with Crippen molar-refractivity contribution in [2.45, 2.75) is 6.18 Å². The molecule has 8 heteroatoms. The Morgan fingerprint density at radius 3 is 2.57 bits per heavy atom. The largest absolute Gasteiger partial charge is 0.434 e. The first-order chi connectivity index (χ1) is 6.50. The van der Waals surface area contributed by atoms with Gasteiger partial charge in [-0.1, -0.05) is 11.6 Å². The standard InChI is InChI=1S/C6H2ClF3N4/c7-5-3-2(11-1-12-5)4(14-13-3)6(8,9)10/h1H,(H,13,14). The van der Waals surface area contributed by atoms with Gasteiger partial charge in [-0.25, -0.2) is 9.97 Å². The van der Waals surface area contributed by atoms with Gasteiger partial charge in [0.2, 0.25) is 0 Å². The summed E-state index contributed by atoms with van der Waals surface area (Å²) in [5.41, 5.74) is -1.42. The van der Waals surface area contributed by atoms with Gasteiger partial charge < -0.3 is 0 Å². The van der Waals surface area contributed by atoms with Crippen LogP contribution in [0.2, 0.25) is 5.15 Å². The molecule has 2 aromatic rings. The van der Waals surface area contributed by atoms with Crippen molar-refractivity contribution in [3.05, 3.63) is 17.2 Å². The van der Waals surface area contributed by atoms with Gasteiger partial charge >= 0.3 is 6.18 Å². The van der Waals surface area contributed by atoms with Crippen molar-refractivity contribution in [2.24, 2.45) is 0 Å². The van der Waals surface area contributed by atoms with E-state index in [2.05, 4.69) is 15.1 Å². The smallest absolute Gasteiger partial charge is 0.271 e. The van der Waals surface area contributed by atoms with E-state index in [1.54, 1.807) is 0 Å². The highest BCUT2D eigenvalue weighted by Crippen LogP contribution is 2.32. The zero-order chi connectivity index (χ0) is 10.3. The second kappa shape index (κ2) is 2.81. The lowest BCUT2D eigenvalue weighted by atomic mass is 10.3. The minimum atomic E-state index is -4.52. The highest BCUT2D eigenvalue weighted by molar-refractivity contribution is 6.33. The molecule has 0 aliphatic carbocycles. The Bertz CT molecular complexity index is 477. The molecule has 2 rings (SSSR count). The highest BCUT2D eigenvalue weighted by atomic mass is 35.5. The van der Waals surface area contributed by atoms with Crippen LogP contribution in [-0.4, -0.2) is 20.2 Å². The first-order valence-electron chi connectivity index (χ1n) is 3.42. The number of nitrogens with zero attached hydrogens (tertiary/aromatic N) is 3. The molecule has 1 N–H and O–H groups in total. The molecule has 0 aromatic carbocycles. The lowest BCUT2D eigenvalue weighted by molar-refractivity contribution is -0.140. The summed E-state index contributed by atoms with van der Waals surface area (Å²) >= 11 is 5.52. The van der Waals surface area contributed by atoms with E-state index in [0.29, 0.717) is 0 Å². The number of alkyl halides is 3. The zero-order valence-corrected chi connectivity index (χ0v) is 7.19. The van der Waals surface area contributed by atoms with Crippen LogP contribution in [-0.2, 0) is 6.18 Å². The maximum Gasteiger partial charge on any atom is 0.434 e. The van der Waals surface area contributed by atoms with Crippen molar-refractivity contribution in [3.8, 4) is 0 Å². The summed E-state index contributed by atoms with van der Waals surface area (Å²) in [7, 11) is 0. The number of hydrogen-bond acceptors (Lipinski definition) is 3. The summed E-state index contributed by atoms with van der Waals surface area (Å²) in [4.78, 5) is 6.97. The van der Waals surface area contributed by atoms with Crippen molar-refractivity contribution in [2.75, 3.05) is 0 Å². The number of H-pyrrole nitrogens is 1. The van der Waals surface area contributed by atoms with E-state index >= 15 is 0 Å². The fraction of sp³-hybridized carbons (Fsp3) is 0.167. The second-order valence-electron chi connectivity index (χ2n) is 2.46. The van der Waals surface area contributed by atoms with E-state index in [9.17, 15) is 13.2 Å². The van der Waals surface area contributed by atoms with Crippen LogP contribution in [0.1, 0.15) is 5.69 Å². The number of fused-ring (bicyclic) bond motifs is 1. The number of halogens is 4. The third-order valence-electron chi connectivity index (χ3n) is 1.58. The van der Waals surface area contributed by atoms with E-state index in [-0.39, 0.29) is 16.2 Å². The normalized spacial score (nSPS) is 12.3. The molecule has 0 radical (unpaired) electrons. The molecule has 0 atom stereocenters. The molecule has 0 saturated heterocycles. The van der Waals surface area contributed by atoms with Gasteiger partial charge in [0.05, 0.1) is 0 Å². The molecule has 0 spiro atoms. The maximum atomic E-state index is 12.3. The molecule has 14 heavy (non-hydrogen) atoms. The third-order valence-corrected chi connectivity index (χ3v) is 1.85. The summed E-state index contributed by atoms with van der Waals surface area (Å²) in [6.07, 6.45) is -3.57. The molecular weight excluding hydrogens is 221 g/mol. The minimum Gasteiger partial charge on any atom is -0.271 e. The Kier molecular flexibility index (Phi) is 1.84.